The molecule has 0 fully saturated rings. The molecule has 0 aliphatic rings. The number of nitrogens with zero attached hydrogens (tertiary/aromatic N) is 3. The summed E-state index contributed by atoms with van der Waals surface area (Å²) in [6.07, 6.45) is 14.0. The molecule has 2 heterocycles. The van der Waals surface area contributed by atoms with Gasteiger partial charge >= 0.3 is 0 Å². The predicted molar refractivity (Wildman–Crippen MR) is 65.3 cm³/mol. The molecule has 0 saturated carbocycles. The largest absolute Gasteiger partial charge is 0.337 e. The number of rotatable bonds is 8. The quantitative estimate of drug-likeness (QED) is 0.518. The lowest BCUT2D eigenvalue weighted by molar-refractivity contribution is -0.695. The highest BCUT2D eigenvalue weighted by Crippen LogP contribution is 1.89. The van der Waals surface area contributed by atoms with Crippen molar-refractivity contribution < 1.29 is 4.57 Å². The zero-order valence-corrected chi connectivity index (χ0v) is 10.0. The highest BCUT2D eigenvalue weighted by molar-refractivity contribution is 4.73. The molecule has 0 atom stereocenters. The summed E-state index contributed by atoms with van der Waals surface area (Å²) in [7, 11) is 0. The predicted octanol–water partition coefficient (Wildman–Crippen LogP) is 0.569. The van der Waals surface area contributed by atoms with Crippen LogP contribution in [0, 0.1) is 0 Å². The van der Waals surface area contributed by atoms with Crippen LogP contribution in [0.25, 0.3) is 0 Å². The molecule has 92 valence electrons. The topological polar surface area (TPSA) is 49.5 Å². The number of nitrogens with one attached hydrogen (secondary N) is 2. The Morgan fingerprint density at radius 3 is 3.00 bits per heavy atom. The van der Waals surface area contributed by atoms with Gasteiger partial charge in [-0.15, -0.1) is 0 Å². The Hall–Kier alpha value is -1.62. The van der Waals surface area contributed by atoms with E-state index in [-0.39, 0.29) is 0 Å². The SMILES string of the molecule is c1cn(CCCNCCC[n+]2cc[nH]c2)cn1. The number of aryl methyl sites for hydroxylation is 2. The van der Waals surface area contributed by atoms with Crippen LogP contribution >= 0.6 is 0 Å². The van der Waals surface area contributed by atoms with E-state index in [4.69, 9.17) is 0 Å². The van der Waals surface area contributed by atoms with Crippen LogP contribution < -0.4 is 9.88 Å². The molecular formula is C12H20N5+. The average Bonchev–Trinajstić information content (AvgIpc) is 3.00. The van der Waals surface area contributed by atoms with E-state index in [0.717, 1.165) is 39.0 Å². The zero-order valence-electron chi connectivity index (χ0n) is 10.0. The highest BCUT2D eigenvalue weighted by Gasteiger charge is 1.96. The third-order valence-electron chi connectivity index (χ3n) is 2.70. The Morgan fingerprint density at radius 1 is 1.29 bits per heavy atom. The van der Waals surface area contributed by atoms with E-state index in [1.807, 2.05) is 31.2 Å². The van der Waals surface area contributed by atoms with E-state index >= 15 is 0 Å². The lowest BCUT2D eigenvalue weighted by atomic mass is 10.3. The lowest BCUT2D eigenvalue weighted by Crippen LogP contribution is -2.32. The van der Waals surface area contributed by atoms with Crippen molar-refractivity contribution in [3.8, 4) is 0 Å². The second kappa shape index (κ2) is 6.85. The molecule has 0 radical (unpaired) electrons. The molecule has 0 amide bonds. The van der Waals surface area contributed by atoms with Crippen molar-refractivity contribution in [2.24, 2.45) is 0 Å². The first-order valence-electron chi connectivity index (χ1n) is 6.13. The Balaban J connectivity index is 1.44. The maximum Gasteiger partial charge on any atom is 0.241 e. The monoisotopic (exact) mass is 234 g/mol. The third-order valence-corrected chi connectivity index (χ3v) is 2.70. The number of H-pyrrole nitrogens is 1. The number of hydrogen-bond acceptors (Lipinski definition) is 2. The van der Waals surface area contributed by atoms with Crippen LogP contribution in [0.4, 0.5) is 0 Å². The van der Waals surface area contributed by atoms with Gasteiger partial charge in [-0.25, -0.2) is 9.55 Å². The highest BCUT2D eigenvalue weighted by atomic mass is 15.0. The zero-order chi connectivity index (χ0) is 11.8. The van der Waals surface area contributed by atoms with Crippen LogP contribution in [0.5, 0.6) is 0 Å². The molecular weight excluding hydrogens is 214 g/mol. The summed E-state index contributed by atoms with van der Waals surface area (Å²) in [5, 5.41) is 3.45. The summed E-state index contributed by atoms with van der Waals surface area (Å²) in [5.41, 5.74) is 0. The van der Waals surface area contributed by atoms with Crippen molar-refractivity contribution in [2.45, 2.75) is 25.9 Å². The standard InChI is InChI=1S/C12H19N5/c1(7-16-9-5-14-11-16)3-13-4-2-8-17-10-6-15-12-17/h5-6,9-13H,1-4,7-8H2/p+1. The van der Waals surface area contributed by atoms with Crippen molar-refractivity contribution in [2.75, 3.05) is 13.1 Å². The Kier molecular flexibility index (Phi) is 4.78. The normalized spacial score (nSPS) is 10.8. The smallest absolute Gasteiger partial charge is 0.241 e. The second-order valence-corrected chi connectivity index (χ2v) is 4.11. The van der Waals surface area contributed by atoms with Gasteiger partial charge in [-0.05, 0) is 25.9 Å². The van der Waals surface area contributed by atoms with Gasteiger partial charge in [0.1, 0.15) is 12.4 Å². The van der Waals surface area contributed by atoms with E-state index < -0.39 is 0 Å². The van der Waals surface area contributed by atoms with Gasteiger partial charge in [0.2, 0.25) is 6.33 Å². The van der Waals surface area contributed by atoms with Crippen molar-refractivity contribution >= 4 is 0 Å². The lowest BCUT2D eigenvalue weighted by Gasteiger charge is -2.04. The number of imidazole rings is 2. The Morgan fingerprint density at radius 2 is 2.24 bits per heavy atom. The summed E-state index contributed by atoms with van der Waals surface area (Å²) < 4.78 is 4.27. The molecule has 0 spiro atoms. The van der Waals surface area contributed by atoms with Crippen LogP contribution in [0.1, 0.15) is 12.8 Å². The van der Waals surface area contributed by atoms with Crippen LogP contribution in [0.2, 0.25) is 0 Å². The maximum atomic E-state index is 4.02. The van der Waals surface area contributed by atoms with Gasteiger partial charge in [0.25, 0.3) is 0 Å². The van der Waals surface area contributed by atoms with Crippen LogP contribution in [0.3, 0.4) is 0 Å². The molecule has 0 bridgehead atoms. The maximum absolute atomic E-state index is 4.02. The fourth-order valence-electron chi connectivity index (χ4n) is 1.78. The molecule has 5 nitrogen and oxygen atoms in total. The molecule has 0 aliphatic heterocycles. The summed E-state index contributed by atoms with van der Waals surface area (Å²) in [4.78, 5) is 7.06. The summed E-state index contributed by atoms with van der Waals surface area (Å²) in [5.74, 6) is 0. The first kappa shape index (κ1) is 11.9. The van der Waals surface area contributed by atoms with E-state index in [1.54, 1.807) is 0 Å². The molecule has 0 aliphatic carbocycles. The van der Waals surface area contributed by atoms with Gasteiger partial charge < -0.3 is 9.88 Å². The molecule has 0 aromatic carbocycles. The van der Waals surface area contributed by atoms with Crippen molar-refractivity contribution in [1.82, 2.24) is 19.9 Å². The number of aromatic amines is 1. The van der Waals surface area contributed by atoms with Gasteiger partial charge in [-0.1, -0.05) is 0 Å². The summed E-state index contributed by atoms with van der Waals surface area (Å²) in [6, 6.07) is 0. The molecule has 2 N–H and O–H groups in total. The van der Waals surface area contributed by atoms with Gasteiger partial charge in [0, 0.05) is 18.9 Å². The van der Waals surface area contributed by atoms with Gasteiger partial charge in [-0.2, -0.15) is 0 Å². The van der Waals surface area contributed by atoms with Gasteiger partial charge in [0.05, 0.1) is 12.9 Å². The van der Waals surface area contributed by atoms with Crippen molar-refractivity contribution in [1.29, 1.82) is 0 Å². The number of aromatic nitrogens is 4. The fraction of sp³-hybridized carbons (Fsp3) is 0.500. The molecule has 0 unspecified atom stereocenters. The molecule has 5 heteroatoms. The third kappa shape index (κ3) is 4.40. The Labute approximate surface area is 102 Å². The van der Waals surface area contributed by atoms with Gasteiger partial charge in [-0.3, -0.25) is 4.98 Å². The van der Waals surface area contributed by atoms with Gasteiger partial charge in [0.15, 0.2) is 0 Å². The van der Waals surface area contributed by atoms with Crippen molar-refractivity contribution in [3.63, 3.8) is 0 Å². The van der Waals surface area contributed by atoms with E-state index in [0.29, 0.717) is 0 Å². The molecule has 2 aromatic rings. The van der Waals surface area contributed by atoms with E-state index in [1.165, 1.54) is 0 Å². The van der Waals surface area contributed by atoms with Crippen LogP contribution in [0.15, 0.2) is 37.4 Å². The fourth-order valence-corrected chi connectivity index (χ4v) is 1.78. The minimum absolute atomic E-state index is 1.04. The molecule has 2 aromatic heterocycles. The van der Waals surface area contributed by atoms with Crippen molar-refractivity contribution in [3.05, 3.63) is 37.4 Å². The van der Waals surface area contributed by atoms with E-state index in [2.05, 4.69) is 30.6 Å². The second-order valence-electron chi connectivity index (χ2n) is 4.11. The Bertz CT molecular complexity index is 341. The first-order chi connectivity index (χ1) is 8.45. The molecule has 17 heavy (non-hydrogen) atoms. The average molecular weight is 234 g/mol. The number of hydrogen-bond donors (Lipinski definition) is 2. The van der Waals surface area contributed by atoms with Crippen LogP contribution in [-0.4, -0.2) is 27.6 Å². The minimum atomic E-state index is 1.04. The van der Waals surface area contributed by atoms with Crippen LogP contribution in [-0.2, 0) is 13.1 Å². The molecule has 0 saturated heterocycles. The van der Waals surface area contributed by atoms with E-state index in [9.17, 15) is 0 Å². The summed E-state index contributed by atoms with van der Waals surface area (Å²) >= 11 is 0. The summed E-state index contributed by atoms with van der Waals surface area (Å²) in [6.45, 7) is 4.25. The first-order valence-corrected chi connectivity index (χ1v) is 6.13. The minimum Gasteiger partial charge on any atom is -0.337 e. The molecule has 2 rings (SSSR count).